The Kier molecular flexibility index (Phi) is 4.68. The number of carbonyl (C=O) groups is 1. The predicted octanol–water partition coefficient (Wildman–Crippen LogP) is 3.17. The van der Waals surface area contributed by atoms with Gasteiger partial charge in [-0.3, -0.25) is 9.69 Å². The maximum atomic E-state index is 12.0. The van der Waals surface area contributed by atoms with Crippen LogP contribution in [0.4, 0.5) is 0 Å². The number of rotatable bonds is 6. The summed E-state index contributed by atoms with van der Waals surface area (Å²) in [7, 11) is 2.12. The Labute approximate surface area is 144 Å². The minimum absolute atomic E-state index is 0.308. The Balaban J connectivity index is 2.14. The van der Waals surface area contributed by atoms with Gasteiger partial charge in [0.15, 0.2) is 0 Å². The first-order chi connectivity index (χ1) is 11.5. The molecule has 1 aromatic carbocycles. The largest absolute Gasteiger partial charge is 0.366 e. The number of benzene rings is 1. The lowest BCUT2D eigenvalue weighted by molar-refractivity contribution is 0.0998. The molecule has 0 fully saturated rings. The van der Waals surface area contributed by atoms with E-state index in [2.05, 4.69) is 37.3 Å². The van der Waals surface area contributed by atoms with E-state index in [-0.39, 0.29) is 5.91 Å². The molecule has 0 radical (unpaired) electrons. The molecule has 130 valence electrons. The van der Waals surface area contributed by atoms with Crippen LogP contribution in [-0.4, -0.2) is 34.5 Å². The minimum atomic E-state index is -0.308. The van der Waals surface area contributed by atoms with Crippen LogP contribution in [0.25, 0.3) is 10.9 Å². The quantitative estimate of drug-likeness (QED) is 0.886. The topological polar surface area (TPSA) is 51.3 Å². The Morgan fingerprint density at radius 3 is 2.42 bits per heavy atom. The summed E-state index contributed by atoms with van der Waals surface area (Å²) in [5, 5.41) is 1.27. The SMILES string of the molecule is CCCN(CCC)C1Cc2c(C(N)=O)ccc3c2c(c(C)n3C)C1. The zero-order chi connectivity index (χ0) is 17.4. The Morgan fingerprint density at radius 1 is 1.21 bits per heavy atom. The van der Waals surface area contributed by atoms with Gasteiger partial charge in [-0.25, -0.2) is 0 Å². The average Bonchev–Trinajstić information content (AvgIpc) is 2.81. The molecule has 0 saturated carbocycles. The molecule has 1 aliphatic carbocycles. The Morgan fingerprint density at radius 2 is 1.83 bits per heavy atom. The molecule has 0 saturated heterocycles. The summed E-state index contributed by atoms with van der Waals surface area (Å²) >= 11 is 0. The molecular weight excluding hydrogens is 298 g/mol. The van der Waals surface area contributed by atoms with Crippen molar-refractivity contribution in [2.24, 2.45) is 12.8 Å². The van der Waals surface area contributed by atoms with Gasteiger partial charge in [0.1, 0.15) is 0 Å². The smallest absolute Gasteiger partial charge is 0.249 e. The van der Waals surface area contributed by atoms with Crippen LogP contribution in [0.2, 0.25) is 0 Å². The van der Waals surface area contributed by atoms with Crippen LogP contribution >= 0.6 is 0 Å². The predicted molar refractivity (Wildman–Crippen MR) is 99.5 cm³/mol. The summed E-state index contributed by atoms with van der Waals surface area (Å²) in [6, 6.07) is 4.42. The number of aromatic nitrogens is 1. The van der Waals surface area contributed by atoms with Gasteiger partial charge in [0.05, 0.1) is 0 Å². The Hall–Kier alpha value is -1.81. The van der Waals surface area contributed by atoms with E-state index in [1.54, 1.807) is 0 Å². The Bertz CT molecular complexity index is 769. The first kappa shape index (κ1) is 17.0. The van der Waals surface area contributed by atoms with Crippen molar-refractivity contribution < 1.29 is 4.79 Å². The fourth-order valence-electron chi connectivity index (χ4n) is 4.36. The molecule has 0 spiro atoms. The summed E-state index contributed by atoms with van der Waals surface area (Å²) in [6.07, 6.45) is 4.30. The number of hydrogen-bond acceptors (Lipinski definition) is 2. The second-order valence-electron chi connectivity index (χ2n) is 7.07. The fourth-order valence-corrected chi connectivity index (χ4v) is 4.36. The summed E-state index contributed by atoms with van der Waals surface area (Å²) in [5.41, 5.74) is 11.5. The third-order valence-electron chi connectivity index (χ3n) is 5.58. The van der Waals surface area contributed by atoms with Crippen molar-refractivity contribution in [1.82, 2.24) is 9.47 Å². The molecule has 0 bridgehead atoms. The van der Waals surface area contributed by atoms with Gasteiger partial charge in [-0.05, 0) is 69.0 Å². The standard InChI is InChI=1S/C20H29N3O/c1-5-9-23(10-6-2)14-11-16-13(3)22(4)18-8-7-15(20(21)24)17(12-14)19(16)18/h7-8,14H,5-6,9-12H2,1-4H3,(H2,21,24). The summed E-state index contributed by atoms with van der Waals surface area (Å²) < 4.78 is 2.26. The van der Waals surface area contributed by atoms with Crippen molar-refractivity contribution in [3.05, 3.63) is 34.5 Å². The van der Waals surface area contributed by atoms with Gasteiger partial charge in [0.25, 0.3) is 0 Å². The second-order valence-corrected chi connectivity index (χ2v) is 7.07. The van der Waals surface area contributed by atoms with E-state index in [4.69, 9.17) is 5.73 Å². The lowest BCUT2D eigenvalue weighted by Crippen LogP contribution is -2.41. The first-order valence-electron chi connectivity index (χ1n) is 9.13. The highest BCUT2D eigenvalue weighted by atomic mass is 16.1. The maximum Gasteiger partial charge on any atom is 0.249 e. The van der Waals surface area contributed by atoms with Gasteiger partial charge < -0.3 is 10.3 Å². The first-order valence-corrected chi connectivity index (χ1v) is 9.13. The van der Waals surface area contributed by atoms with Crippen LogP contribution in [-0.2, 0) is 19.9 Å². The van der Waals surface area contributed by atoms with E-state index in [0.29, 0.717) is 11.6 Å². The summed E-state index contributed by atoms with van der Waals surface area (Å²) in [4.78, 5) is 14.6. The van der Waals surface area contributed by atoms with E-state index in [0.717, 1.165) is 44.3 Å². The molecule has 1 unspecified atom stereocenters. The van der Waals surface area contributed by atoms with E-state index in [9.17, 15) is 4.79 Å². The number of hydrogen-bond donors (Lipinski definition) is 1. The molecule has 4 heteroatoms. The van der Waals surface area contributed by atoms with Gasteiger partial charge in [0, 0.05) is 35.2 Å². The number of nitrogens with zero attached hydrogens (tertiary/aromatic N) is 2. The van der Waals surface area contributed by atoms with Crippen molar-refractivity contribution in [2.45, 2.75) is 52.5 Å². The average molecular weight is 327 g/mol. The number of aryl methyl sites for hydroxylation is 1. The molecule has 3 rings (SSSR count). The van der Waals surface area contributed by atoms with Crippen molar-refractivity contribution >= 4 is 16.8 Å². The second kappa shape index (κ2) is 6.60. The van der Waals surface area contributed by atoms with Crippen molar-refractivity contribution in [3.8, 4) is 0 Å². The molecule has 1 atom stereocenters. The zero-order valence-electron chi connectivity index (χ0n) is 15.4. The van der Waals surface area contributed by atoms with Gasteiger partial charge in [-0.2, -0.15) is 0 Å². The normalized spacial score (nSPS) is 17.0. The molecular formula is C20H29N3O. The van der Waals surface area contributed by atoms with E-state index in [1.165, 1.54) is 22.2 Å². The fraction of sp³-hybridized carbons (Fsp3) is 0.550. The van der Waals surface area contributed by atoms with Gasteiger partial charge in [0.2, 0.25) is 5.91 Å². The van der Waals surface area contributed by atoms with Crippen LogP contribution in [0.15, 0.2) is 12.1 Å². The van der Waals surface area contributed by atoms with E-state index in [1.807, 2.05) is 12.1 Å². The highest BCUT2D eigenvalue weighted by Gasteiger charge is 2.30. The molecule has 1 heterocycles. The summed E-state index contributed by atoms with van der Waals surface area (Å²) in [6.45, 7) is 8.89. The van der Waals surface area contributed by atoms with E-state index >= 15 is 0 Å². The molecule has 2 aromatic rings. The third kappa shape index (κ3) is 2.63. The van der Waals surface area contributed by atoms with Crippen LogP contribution in [0.5, 0.6) is 0 Å². The van der Waals surface area contributed by atoms with Gasteiger partial charge >= 0.3 is 0 Å². The zero-order valence-corrected chi connectivity index (χ0v) is 15.4. The number of primary amides is 1. The molecule has 1 aromatic heterocycles. The van der Waals surface area contributed by atoms with Crippen molar-refractivity contribution in [2.75, 3.05) is 13.1 Å². The molecule has 1 aliphatic rings. The number of amides is 1. The third-order valence-corrected chi connectivity index (χ3v) is 5.58. The van der Waals surface area contributed by atoms with Crippen molar-refractivity contribution in [3.63, 3.8) is 0 Å². The number of carbonyl (C=O) groups excluding carboxylic acids is 1. The summed E-state index contributed by atoms with van der Waals surface area (Å²) in [5.74, 6) is -0.308. The molecule has 2 N–H and O–H groups in total. The van der Waals surface area contributed by atoms with Crippen LogP contribution < -0.4 is 5.73 Å². The number of nitrogens with two attached hydrogens (primary N) is 1. The maximum absolute atomic E-state index is 12.0. The monoisotopic (exact) mass is 327 g/mol. The van der Waals surface area contributed by atoms with Crippen LogP contribution in [0, 0.1) is 6.92 Å². The molecule has 24 heavy (non-hydrogen) atoms. The van der Waals surface area contributed by atoms with Crippen LogP contribution in [0.1, 0.15) is 53.9 Å². The highest BCUT2D eigenvalue weighted by molar-refractivity contribution is 6.02. The highest BCUT2D eigenvalue weighted by Crippen LogP contribution is 2.37. The molecule has 0 aliphatic heterocycles. The van der Waals surface area contributed by atoms with E-state index < -0.39 is 0 Å². The lowest BCUT2D eigenvalue weighted by atomic mass is 9.84. The van der Waals surface area contributed by atoms with Crippen LogP contribution in [0.3, 0.4) is 0 Å². The molecule has 4 nitrogen and oxygen atoms in total. The lowest BCUT2D eigenvalue weighted by Gasteiger charge is -2.34. The molecule has 1 amide bonds. The van der Waals surface area contributed by atoms with Gasteiger partial charge in [-0.1, -0.05) is 13.8 Å². The van der Waals surface area contributed by atoms with Gasteiger partial charge in [-0.15, -0.1) is 0 Å². The minimum Gasteiger partial charge on any atom is -0.366 e. The van der Waals surface area contributed by atoms with Crippen molar-refractivity contribution in [1.29, 1.82) is 0 Å².